The van der Waals surface area contributed by atoms with Gasteiger partial charge in [-0.25, -0.2) is 0 Å². The Morgan fingerprint density at radius 2 is 1.47 bits per heavy atom. The van der Waals surface area contributed by atoms with Gasteiger partial charge in [0.15, 0.2) is 0 Å². The maximum absolute atomic E-state index is 3.63. The molecule has 1 aromatic carbocycles. The molecule has 0 radical (unpaired) electrons. The summed E-state index contributed by atoms with van der Waals surface area (Å²) in [7, 11) is 0. The van der Waals surface area contributed by atoms with Crippen molar-refractivity contribution in [2.24, 2.45) is 0 Å². The SMILES string of the molecule is Cc1ccc(C(C)C)cc1.Cc1ccnnc1. The van der Waals surface area contributed by atoms with Gasteiger partial charge in [-0.2, -0.15) is 10.2 Å². The van der Waals surface area contributed by atoms with E-state index in [9.17, 15) is 0 Å². The van der Waals surface area contributed by atoms with E-state index in [0.29, 0.717) is 5.92 Å². The molecule has 0 spiro atoms. The van der Waals surface area contributed by atoms with Gasteiger partial charge in [-0.1, -0.05) is 43.7 Å². The Kier molecular flexibility index (Phi) is 5.34. The number of hydrogen-bond acceptors (Lipinski definition) is 2. The van der Waals surface area contributed by atoms with Crippen molar-refractivity contribution >= 4 is 0 Å². The summed E-state index contributed by atoms with van der Waals surface area (Å²) in [4.78, 5) is 0. The second kappa shape index (κ2) is 6.79. The van der Waals surface area contributed by atoms with Crippen LogP contribution >= 0.6 is 0 Å². The second-order valence-electron chi connectivity index (χ2n) is 4.49. The van der Waals surface area contributed by atoms with Gasteiger partial charge in [0, 0.05) is 6.20 Å². The molecule has 2 aromatic rings. The van der Waals surface area contributed by atoms with Crippen molar-refractivity contribution in [2.75, 3.05) is 0 Å². The second-order valence-corrected chi connectivity index (χ2v) is 4.49. The molecule has 0 aliphatic rings. The molecule has 0 N–H and O–H groups in total. The number of aryl methyl sites for hydroxylation is 2. The third-order valence-electron chi connectivity index (χ3n) is 2.48. The Morgan fingerprint density at radius 1 is 0.824 bits per heavy atom. The van der Waals surface area contributed by atoms with Crippen LogP contribution in [0.2, 0.25) is 0 Å². The van der Waals surface area contributed by atoms with Crippen molar-refractivity contribution in [2.45, 2.75) is 33.6 Å². The highest BCUT2D eigenvalue weighted by molar-refractivity contribution is 5.23. The first-order chi connectivity index (χ1) is 8.09. The van der Waals surface area contributed by atoms with Crippen molar-refractivity contribution in [1.29, 1.82) is 0 Å². The maximum Gasteiger partial charge on any atom is 0.0525 e. The first kappa shape index (κ1) is 13.4. The van der Waals surface area contributed by atoms with Crippen LogP contribution < -0.4 is 0 Å². The number of benzene rings is 1. The third kappa shape index (κ3) is 5.25. The highest BCUT2D eigenvalue weighted by Crippen LogP contribution is 2.13. The minimum absolute atomic E-state index is 0.653. The van der Waals surface area contributed by atoms with Crippen molar-refractivity contribution < 1.29 is 0 Å². The fourth-order valence-electron chi connectivity index (χ4n) is 1.31. The van der Waals surface area contributed by atoms with E-state index in [1.54, 1.807) is 12.4 Å². The smallest absolute Gasteiger partial charge is 0.0525 e. The van der Waals surface area contributed by atoms with Gasteiger partial charge in [-0.3, -0.25) is 0 Å². The van der Waals surface area contributed by atoms with Crippen LogP contribution in [0.25, 0.3) is 0 Å². The zero-order valence-corrected chi connectivity index (χ0v) is 11.0. The molecule has 0 aliphatic carbocycles. The molecule has 0 bridgehead atoms. The molecule has 0 amide bonds. The number of nitrogens with zero attached hydrogens (tertiary/aromatic N) is 2. The van der Waals surface area contributed by atoms with E-state index in [1.165, 1.54) is 11.1 Å². The van der Waals surface area contributed by atoms with Crippen LogP contribution in [0.5, 0.6) is 0 Å². The average Bonchev–Trinajstić information content (AvgIpc) is 2.31. The Balaban J connectivity index is 0.000000181. The lowest BCUT2D eigenvalue weighted by molar-refractivity contribution is 0.866. The zero-order chi connectivity index (χ0) is 12.7. The molecule has 2 heteroatoms. The van der Waals surface area contributed by atoms with E-state index in [2.05, 4.69) is 55.2 Å². The third-order valence-corrected chi connectivity index (χ3v) is 2.48. The topological polar surface area (TPSA) is 25.8 Å². The highest BCUT2D eigenvalue weighted by atomic mass is 15.1. The average molecular weight is 228 g/mol. The molecule has 2 rings (SSSR count). The molecule has 0 saturated carbocycles. The minimum Gasteiger partial charge on any atom is -0.159 e. The molecule has 17 heavy (non-hydrogen) atoms. The monoisotopic (exact) mass is 228 g/mol. The maximum atomic E-state index is 3.63. The summed E-state index contributed by atoms with van der Waals surface area (Å²) in [6, 6.07) is 10.6. The van der Waals surface area contributed by atoms with Gasteiger partial charge in [-0.15, -0.1) is 0 Å². The van der Waals surface area contributed by atoms with Crippen molar-refractivity contribution in [3.63, 3.8) is 0 Å². The van der Waals surface area contributed by atoms with Crippen LogP contribution in [0.15, 0.2) is 42.7 Å². The Morgan fingerprint density at radius 3 is 1.82 bits per heavy atom. The molecule has 0 fully saturated rings. The van der Waals surface area contributed by atoms with Crippen LogP contribution in [-0.4, -0.2) is 10.2 Å². The quantitative estimate of drug-likeness (QED) is 0.739. The lowest BCUT2D eigenvalue weighted by atomic mass is 10.0. The first-order valence-corrected chi connectivity index (χ1v) is 5.89. The summed E-state index contributed by atoms with van der Waals surface area (Å²) in [6.45, 7) is 8.52. The molecule has 0 atom stereocenters. The van der Waals surface area contributed by atoms with Crippen molar-refractivity contribution in [3.8, 4) is 0 Å². The number of hydrogen-bond donors (Lipinski definition) is 0. The fraction of sp³-hybridized carbons (Fsp3) is 0.333. The van der Waals surface area contributed by atoms with Gasteiger partial charge < -0.3 is 0 Å². The minimum atomic E-state index is 0.653. The van der Waals surface area contributed by atoms with E-state index in [4.69, 9.17) is 0 Å². The van der Waals surface area contributed by atoms with Gasteiger partial charge in [0.1, 0.15) is 0 Å². The molecule has 0 saturated heterocycles. The lowest BCUT2D eigenvalue weighted by Gasteiger charge is -2.03. The fourth-order valence-corrected chi connectivity index (χ4v) is 1.31. The van der Waals surface area contributed by atoms with Gasteiger partial charge in [0.2, 0.25) is 0 Å². The van der Waals surface area contributed by atoms with E-state index in [-0.39, 0.29) is 0 Å². The van der Waals surface area contributed by atoms with Gasteiger partial charge in [0.05, 0.1) is 6.20 Å². The number of aromatic nitrogens is 2. The summed E-state index contributed by atoms with van der Waals surface area (Å²) in [5.41, 5.74) is 3.91. The van der Waals surface area contributed by atoms with Gasteiger partial charge in [-0.05, 0) is 37.0 Å². The standard InChI is InChI=1S/C10H14.C5H6N2/c1-8(2)10-6-4-9(3)5-7-10;1-5-2-3-6-7-4-5/h4-8H,1-3H3;2-4H,1H3. The van der Waals surface area contributed by atoms with Gasteiger partial charge in [0.25, 0.3) is 0 Å². The van der Waals surface area contributed by atoms with Crippen LogP contribution in [0.4, 0.5) is 0 Å². The molecule has 0 aliphatic heterocycles. The molecular formula is C15H20N2. The summed E-state index contributed by atoms with van der Waals surface area (Å²) >= 11 is 0. The molecule has 1 heterocycles. The highest BCUT2D eigenvalue weighted by Gasteiger charge is 1.95. The van der Waals surface area contributed by atoms with E-state index < -0.39 is 0 Å². The van der Waals surface area contributed by atoms with E-state index in [0.717, 1.165) is 5.56 Å². The zero-order valence-electron chi connectivity index (χ0n) is 11.0. The summed E-state index contributed by atoms with van der Waals surface area (Å²) in [6.07, 6.45) is 3.40. The summed E-state index contributed by atoms with van der Waals surface area (Å²) < 4.78 is 0. The lowest BCUT2D eigenvalue weighted by Crippen LogP contribution is -1.85. The molecule has 2 nitrogen and oxygen atoms in total. The van der Waals surface area contributed by atoms with E-state index in [1.807, 2.05) is 13.0 Å². The Bertz CT molecular complexity index is 418. The van der Waals surface area contributed by atoms with Crippen molar-refractivity contribution in [1.82, 2.24) is 10.2 Å². The predicted molar refractivity (Wildman–Crippen MR) is 72.0 cm³/mol. The first-order valence-electron chi connectivity index (χ1n) is 5.89. The predicted octanol–water partition coefficient (Wildman–Crippen LogP) is 3.90. The largest absolute Gasteiger partial charge is 0.159 e. The van der Waals surface area contributed by atoms with Crippen molar-refractivity contribution in [3.05, 3.63) is 59.4 Å². The normalized spacial score (nSPS) is 9.71. The van der Waals surface area contributed by atoms with Crippen LogP contribution in [0.3, 0.4) is 0 Å². The number of rotatable bonds is 1. The van der Waals surface area contributed by atoms with Crippen LogP contribution in [-0.2, 0) is 0 Å². The molecular weight excluding hydrogens is 208 g/mol. The Labute approximate surface area is 104 Å². The Hall–Kier alpha value is -1.70. The van der Waals surface area contributed by atoms with Gasteiger partial charge >= 0.3 is 0 Å². The molecule has 0 unspecified atom stereocenters. The van der Waals surface area contributed by atoms with E-state index >= 15 is 0 Å². The summed E-state index contributed by atoms with van der Waals surface area (Å²) in [5, 5.41) is 7.23. The molecule has 1 aromatic heterocycles. The summed E-state index contributed by atoms with van der Waals surface area (Å²) in [5.74, 6) is 0.653. The van der Waals surface area contributed by atoms with Crippen LogP contribution in [0.1, 0.15) is 36.5 Å². The molecule has 90 valence electrons. The van der Waals surface area contributed by atoms with Crippen LogP contribution in [0, 0.1) is 13.8 Å².